The lowest BCUT2D eigenvalue weighted by Crippen LogP contribution is -2.15. The summed E-state index contributed by atoms with van der Waals surface area (Å²) < 4.78 is 11.4. The Hall–Kier alpha value is -1.19. The number of benzene rings is 1. The van der Waals surface area contributed by atoms with Crippen molar-refractivity contribution >= 4 is 17.7 Å². The van der Waals surface area contributed by atoms with E-state index in [1.807, 2.05) is 12.1 Å². The quantitative estimate of drug-likeness (QED) is 0.893. The minimum atomic E-state index is 0.620. The molecule has 0 saturated carbocycles. The van der Waals surface area contributed by atoms with Crippen LogP contribution in [0.5, 0.6) is 11.5 Å². The first-order valence-corrected chi connectivity index (χ1v) is 7.61. The molecule has 0 bridgehead atoms. The molecule has 4 heteroatoms. The van der Waals surface area contributed by atoms with Gasteiger partial charge in [0.25, 0.3) is 0 Å². The predicted octanol–water partition coefficient (Wildman–Crippen LogP) is 3.90. The average molecular weight is 296 g/mol. The molecule has 0 unspecified atom stereocenters. The highest BCUT2D eigenvalue weighted by molar-refractivity contribution is 6.32. The molecule has 110 valence electrons. The van der Waals surface area contributed by atoms with Crippen molar-refractivity contribution in [3.05, 3.63) is 28.3 Å². The fourth-order valence-corrected chi connectivity index (χ4v) is 2.41. The van der Waals surface area contributed by atoms with Gasteiger partial charge in [-0.15, -0.1) is 0 Å². The number of ether oxygens (including phenoxy) is 2. The Balaban J connectivity index is 2.26. The van der Waals surface area contributed by atoms with Gasteiger partial charge >= 0.3 is 0 Å². The largest absolute Gasteiger partial charge is 0.489 e. The second-order valence-corrected chi connectivity index (χ2v) is 5.22. The fourth-order valence-electron chi connectivity index (χ4n) is 2.13. The lowest BCUT2D eigenvalue weighted by molar-refractivity contribution is 0.297. The molecule has 1 aliphatic heterocycles. The number of fused-ring (bicyclic) bond motifs is 1. The first kappa shape index (κ1) is 15.2. The summed E-state index contributed by atoms with van der Waals surface area (Å²) in [5, 5.41) is 3.97. The van der Waals surface area contributed by atoms with Crippen LogP contribution in [0.1, 0.15) is 32.3 Å². The van der Waals surface area contributed by atoms with E-state index in [0.29, 0.717) is 24.0 Å². The van der Waals surface area contributed by atoms with E-state index >= 15 is 0 Å². The van der Waals surface area contributed by atoms with Crippen LogP contribution in [0, 0.1) is 0 Å². The van der Waals surface area contributed by atoms with Crippen molar-refractivity contribution in [3.8, 4) is 11.5 Å². The van der Waals surface area contributed by atoms with E-state index in [2.05, 4.69) is 25.2 Å². The second-order valence-electron chi connectivity index (χ2n) is 4.82. The van der Waals surface area contributed by atoms with Crippen LogP contribution in [0.2, 0.25) is 5.02 Å². The number of nitrogens with one attached hydrogen (secondary N) is 1. The second kappa shape index (κ2) is 7.55. The third-order valence-corrected chi connectivity index (χ3v) is 3.53. The fraction of sp³-hybridized carbons (Fsp3) is 0.500. The van der Waals surface area contributed by atoms with Crippen molar-refractivity contribution in [3.63, 3.8) is 0 Å². The van der Waals surface area contributed by atoms with Crippen LogP contribution in [0.15, 0.2) is 17.7 Å². The molecule has 0 saturated heterocycles. The maximum Gasteiger partial charge on any atom is 0.179 e. The summed E-state index contributed by atoms with van der Waals surface area (Å²) >= 11 is 6.30. The summed E-state index contributed by atoms with van der Waals surface area (Å²) in [4.78, 5) is 0. The van der Waals surface area contributed by atoms with E-state index in [4.69, 9.17) is 21.1 Å². The van der Waals surface area contributed by atoms with E-state index in [0.717, 1.165) is 37.2 Å². The number of halogens is 1. The van der Waals surface area contributed by atoms with Gasteiger partial charge in [0.05, 0.1) is 18.2 Å². The van der Waals surface area contributed by atoms with E-state index in [1.165, 1.54) is 5.57 Å². The van der Waals surface area contributed by atoms with E-state index < -0.39 is 0 Å². The molecule has 0 aliphatic carbocycles. The molecule has 1 aromatic rings. The topological polar surface area (TPSA) is 30.5 Å². The predicted molar refractivity (Wildman–Crippen MR) is 83.9 cm³/mol. The highest BCUT2D eigenvalue weighted by Gasteiger charge is 2.15. The van der Waals surface area contributed by atoms with Crippen molar-refractivity contribution in [2.24, 2.45) is 0 Å². The molecule has 2 rings (SSSR count). The van der Waals surface area contributed by atoms with Crippen LogP contribution in [-0.4, -0.2) is 26.3 Å². The zero-order chi connectivity index (χ0) is 14.4. The molecule has 3 nitrogen and oxygen atoms in total. The number of hydrogen-bond acceptors (Lipinski definition) is 3. The molecule has 1 aliphatic rings. The van der Waals surface area contributed by atoms with E-state index in [9.17, 15) is 0 Å². The van der Waals surface area contributed by atoms with Crippen molar-refractivity contribution in [2.45, 2.75) is 26.7 Å². The van der Waals surface area contributed by atoms with Gasteiger partial charge in [0.15, 0.2) is 11.5 Å². The van der Waals surface area contributed by atoms with Gasteiger partial charge in [-0.3, -0.25) is 0 Å². The summed E-state index contributed by atoms with van der Waals surface area (Å²) in [6, 6.07) is 3.95. The van der Waals surface area contributed by atoms with Gasteiger partial charge in [-0.05, 0) is 30.7 Å². The van der Waals surface area contributed by atoms with Crippen LogP contribution in [0.4, 0.5) is 0 Å². The van der Waals surface area contributed by atoms with Gasteiger partial charge in [-0.25, -0.2) is 0 Å². The summed E-state index contributed by atoms with van der Waals surface area (Å²) in [6.45, 7) is 7.47. The maximum absolute atomic E-state index is 6.30. The van der Waals surface area contributed by atoms with E-state index in [-0.39, 0.29) is 0 Å². The molecule has 0 amide bonds. The molecule has 0 spiro atoms. The third-order valence-electron chi connectivity index (χ3n) is 3.25. The number of hydrogen-bond donors (Lipinski definition) is 1. The first-order chi connectivity index (χ1) is 9.74. The summed E-state index contributed by atoms with van der Waals surface area (Å²) in [5.41, 5.74) is 2.41. The normalized spacial score (nSPS) is 15.1. The molecule has 1 aromatic carbocycles. The Bertz CT molecular complexity index is 486. The monoisotopic (exact) mass is 295 g/mol. The molecular formula is C16H22ClNO2. The Labute approximate surface area is 125 Å². The lowest BCUT2D eigenvalue weighted by atomic mass is 10.1. The smallest absolute Gasteiger partial charge is 0.179 e. The zero-order valence-electron chi connectivity index (χ0n) is 12.2. The third kappa shape index (κ3) is 3.90. The molecule has 1 N–H and O–H groups in total. The number of likely N-dealkylation sites (N-methyl/N-ethyl adjacent to an activating group) is 1. The number of rotatable bonds is 5. The van der Waals surface area contributed by atoms with Gasteiger partial charge in [0, 0.05) is 13.0 Å². The Kier molecular flexibility index (Phi) is 5.74. The molecule has 1 heterocycles. The summed E-state index contributed by atoms with van der Waals surface area (Å²) in [7, 11) is 0. The van der Waals surface area contributed by atoms with Crippen molar-refractivity contribution < 1.29 is 9.47 Å². The molecule has 0 fully saturated rings. The minimum absolute atomic E-state index is 0.620. The van der Waals surface area contributed by atoms with Gasteiger partial charge in [-0.2, -0.15) is 0 Å². The molecule has 0 aromatic heterocycles. The van der Waals surface area contributed by atoms with Crippen molar-refractivity contribution in [2.75, 3.05) is 26.3 Å². The van der Waals surface area contributed by atoms with E-state index in [1.54, 1.807) is 0 Å². The summed E-state index contributed by atoms with van der Waals surface area (Å²) in [5.74, 6) is 1.42. The zero-order valence-corrected chi connectivity index (χ0v) is 12.9. The van der Waals surface area contributed by atoms with Crippen LogP contribution >= 0.6 is 11.6 Å². The van der Waals surface area contributed by atoms with Crippen molar-refractivity contribution in [1.82, 2.24) is 5.32 Å². The molecular weight excluding hydrogens is 274 g/mol. The van der Waals surface area contributed by atoms with Crippen molar-refractivity contribution in [1.29, 1.82) is 0 Å². The maximum atomic E-state index is 6.30. The minimum Gasteiger partial charge on any atom is -0.489 e. The van der Waals surface area contributed by atoms with Gasteiger partial charge < -0.3 is 14.8 Å². The van der Waals surface area contributed by atoms with Crippen LogP contribution in [0.25, 0.3) is 6.08 Å². The highest BCUT2D eigenvalue weighted by Crippen LogP contribution is 2.38. The van der Waals surface area contributed by atoms with Crippen LogP contribution in [0.3, 0.4) is 0 Å². The van der Waals surface area contributed by atoms with Gasteiger partial charge in [-0.1, -0.05) is 37.1 Å². The first-order valence-electron chi connectivity index (χ1n) is 7.24. The highest BCUT2D eigenvalue weighted by atomic mass is 35.5. The lowest BCUT2D eigenvalue weighted by Gasteiger charge is -2.11. The van der Waals surface area contributed by atoms with Gasteiger partial charge in [0.1, 0.15) is 0 Å². The molecule has 20 heavy (non-hydrogen) atoms. The summed E-state index contributed by atoms with van der Waals surface area (Å²) in [6.07, 6.45) is 4.07. The molecule has 0 atom stereocenters. The van der Waals surface area contributed by atoms with Gasteiger partial charge in [0.2, 0.25) is 0 Å². The van der Waals surface area contributed by atoms with Crippen LogP contribution in [-0.2, 0) is 0 Å². The Morgan fingerprint density at radius 1 is 1.30 bits per heavy atom. The average Bonchev–Trinajstić information content (AvgIpc) is 2.69. The SMILES string of the molecule is CCNCC(=Cc1cc(Cl)c2c(c1)OCCCO2)CC. The Morgan fingerprint density at radius 2 is 2.10 bits per heavy atom. The molecule has 0 radical (unpaired) electrons. The van der Waals surface area contributed by atoms with Crippen LogP contribution < -0.4 is 14.8 Å². The standard InChI is InChI=1S/C16H22ClNO2/c1-3-12(11-18-4-2)8-13-9-14(17)16-15(10-13)19-6-5-7-20-16/h8-10,18H,3-7,11H2,1-2H3. The Morgan fingerprint density at radius 3 is 2.85 bits per heavy atom.